The Balaban J connectivity index is 0.000000198. The van der Waals surface area contributed by atoms with Gasteiger partial charge in [0.2, 0.25) is 15.0 Å². The van der Waals surface area contributed by atoms with Crippen molar-refractivity contribution in [1.29, 1.82) is 0 Å². The largest absolute Gasteiger partial charge is 0.290 e. The van der Waals surface area contributed by atoms with E-state index in [0.717, 1.165) is 23.0 Å². The van der Waals surface area contributed by atoms with Crippen LogP contribution in [0.1, 0.15) is 57.0 Å². The van der Waals surface area contributed by atoms with Crippen molar-refractivity contribution in [3.05, 3.63) is 62.2 Å². The predicted octanol–water partition coefficient (Wildman–Crippen LogP) is 3.07. The van der Waals surface area contributed by atoms with Crippen molar-refractivity contribution in [3.8, 4) is 0 Å². The number of pyridine rings is 2. The fourth-order valence-electron chi connectivity index (χ4n) is 3.84. The van der Waals surface area contributed by atoms with Gasteiger partial charge in [0.1, 0.15) is 17.1 Å². The van der Waals surface area contributed by atoms with E-state index in [0.29, 0.717) is 22.6 Å². The lowest BCUT2D eigenvalue weighted by molar-refractivity contribution is 0.581. The molecule has 0 saturated carbocycles. The van der Waals surface area contributed by atoms with Crippen molar-refractivity contribution >= 4 is 31.9 Å². The third kappa shape index (κ3) is 5.29. The quantitative estimate of drug-likeness (QED) is 0.394. The minimum atomic E-state index is -3.51. The lowest BCUT2D eigenvalue weighted by Gasteiger charge is -2.14. The molecule has 10 nitrogen and oxygen atoms in total. The summed E-state index contributed by atoms with van der Waals surface area (Å²) in [5.41, 5.74) is 2.32. The molecular weight excluding hydrogens is 468 g/mol. The third-order valence-electron chi connectivity index (χ3n) is 5.40. The summed E-state index contributed by atoms with van der Waals surface area (Å²) in [6.45, 7) is 13.1. The number of nitrogens with zero attached hydrogens (tertiary/aromatic N) is 6. The van der Waals surface area contributed by atoms with Crippen molar-refractivity contribution in [2.75, 3.05) is 6.26 Å². The van der Waals surface area contributed by atoms with E-state index in [4.69, 9.17) is 0 Å². The summed E-state index contributed by atoms with van der Waals surface area (Å²) >= 11 is 0. The van der Waals surface area contributed by atoms with Gasteiger partial charge in [0, 0.05) is 41.2 Å². The maximum Gasteiger partial charge on any atom is 0.252 e. The van der Waals surface area contributed by atoms with Gasteiger partial charge in [-0.3, -0.25) is 18.7 Å². The predicted molar refractivity (Wildman–Crippen MR) is 136 cm³/mol. The summed E-state index contributed by atoms with van der Waals surface area (Å²) in [6.07, 6.45) is 1.05. The average Bonchev–Trinajstić information content (AvgIpc) is 2.72. The van der Waals surface area contributed by atoms with Crippen LogP contribution in [0.3, 0.4) is 0 Å². The van der Waals surface area contributed by atoms with Crippen LogP contribution >= 0.6 is 0 Å². The van der Waals surface area contributed by atoms with Gasteiger partial charge < -0.3 is 0 Å². The summed E-state index contributed by atoms with van der Waals surface area (Å²) in [5, 5.41) is 1.37. The highest BCUT2D eigenvalue weighted by molar-refractivity contribution is 7.90. The van der Waals surface area contributed by atoms with Gasteiger partial charge in [-0.15, -0.1) is 0 Å². The molecule has 0 aliphatic carbocycles. The molecule has 0 N–H and O–H groups in total. The fourth-order valence-corrected chi connectivity index (χ4v) is 4.40. The van der Waals surface area contributed by atoms with E-state index in [1.807, 2.05) is 41.5 Å². The molecule has 0 amide bonds. The molecule has 0 spiro atoms. The van der Waals surface area contributed by atoms with E-state index in [2.05, 4.69) is 19.9 Å². The van der Waals surface area contributed by atoms with Crippen molar-refractivity contribution in [1.82, 2.24) is 29.1 Å². The average molecular weight is 499 g/mol. The molecule has 4 heterocycles. The Labute approximate surface area is 203 Å². The van der Waals surface area contributed by atoms with E-state index < -0.39 is 9.84 Å². The lowest BCUT2D eigenvalue weighted by atomic mass is 10.2. The number of rotatable bonds is 3. The highest BCUT2D eigenvalue weighted by atomic mass is 32.2. The summed E-state index contributed by atoms with van der Waals surface area (Å²) < 4.78 is 26.3. The van der Waals surface area contributed by atoms with E-state index in [9.17, 15) is 18.0 Å². The Morgan fingerprint density at radius 3 is 1.54 bits per heavy atom. The van der Waals surface area contributed by atoms with Crippen LogP contribution in [0.15, 0.2) is 39.0 Å². The molecule has 0 aromatic carbocycles. The molecular formula is C24H30N6O4S. The van der Waals surface area contributed by atoms with Crippen LogP contribution in [-0.4, -0.2) is 43.7 Å². The monoisotopic (exact) mass is 498 g/mol. The Bertz CT molecular complexity index is 1650. The van der Waals surface area contributed by atoms with Crippen molar-refractivity contribution in [3.63, 3.8) is 0 Å². The molecule has 4 aromatic heterocycles. The molecule has 0 radical (unpaired) electrons. The molecule has 0 atom stereocenters. The molecule has 4 rings (SSSR count). The van der Waals surface area contributed by atoms with Gasteiger partial charge in [-0.25, -0.2) is 23.4 Å². The SMILES string of the molecule is Cc1nc(C)c2ccc(=O)n(C(C)C)c2n1.Cc1nc(S(C)(=O)=O)nc2c1ccc(=O)n2C(C)C. The second-order valence-corrected chi connectivity index (χ2v) is 10.9. The first-order valence-corrected chi connectivity index (χ1v) is 13.1. The van der Waals surface area contributed by atoms with Gasteiger partial charge in [0.05, 0.1) is 11.4 Å². The van der Waals surface area contributed by atoms with Crippen LogP contribution in [-0.2, 0) is 9.84 Å². The van der Waals surface area contributed by atoms with Gasteiger partial charge in [-0.05, 0) is 60.6 Å². The third-order valence-corrected chi connectivity index (χ3v) is 6.25. The number of fused-ring (bicyclic) bond motifs is 2. The smallest absolute Gasteiger partial charge is 0.252 e. The molecule has 0 aliphatic rings. The maximum absolute atomic E-state index is 11.9. The highest BCUT2D eigenvalue weighted by Gasteiger charge is 2.17. The lowest BCUT2D eigenvalue weighted by Crippen LogP contribution is -2.23. The van der Waals surface area contributed by atoms with Crippen molar-refractivity contribution in [2.24, 2.45) is 0 Å². The van der Waals surface area contributed by atoms with Crippen LogP contribution < -0.4 is 11.1 Å². The maximum atomic E-state index is 11.9. The number of sulfone groups is 1. The van der Waals surface area contributed by atoms with Crippen LogP contribution in [0.2, 0.25) is 0 Å². The van der Waals surface area contributed by atoms with E-state index >= 15 is 0 Å². The molecule has 0 fully saturated rings. The molecule has 0 saturated heterocycles. The first-order chi connectivity index (χ1) is 16.2. The molecule has 11 heteroatoms. The summed E-state index contributed by atoms with van der Waals surface area (Å²) in [5.74, 6) is 0.699. The Hall–Kier alpha value is -3.47. The van der Waals surface area contributed by atoms with Crippen LogP contribution in [0, 0.1) is 20.8 Å². The molecule has 0 bridgehead atoms. The molecule has 0 aliphatic heterocycles. The topological polar surface area (TPSA) is 130 Å². The molecule has 35 heavy (non-hydrogen) atoms. The number of aryl methyl sites for hydroxylation is 3. The number of aromatic nitrogens is 6. The second-order valence-electron chi connectivity index (χ2n) is 8.97. The Morgan fingerprint density at radius 1 is 0.686 bits per heavy atom. The van der Waals surface area contributed by atoms with E-state index in [1.54, 1.807) is 29.7 Å². The molecule has 4 aromatic rings. The first-order valence-electron chi connectivity index (χ1n) is 11.2. The minimum Gasteiger partial charge on any atom is -0.290 e. The zero-order valence-electron chi connectivity index (χ0n) is 21.2. The minimum absolute atomic E-state index is 0.0139. The fraction of sp³-hybridized carbons (Fsp3) is 0.417. The molecule has 186 valence electrons. The zero-order chi connectivity index (χ0) is 26.2. The van der Waals surface area contributed by atoms with Gasteiger partial charge >= 0.3 is 0 Å². The first kappa shape index (κ1) is 26.1. The van der Waals surface area contributed by atoms with Gasteiger partial charge in [0.15, 0.2) is 0 Å². The van der Waals surface area contributed by atoms with Crippen molar-refractivity contribution < 1.29 is 8.42 Å². The van der Waals surface area contributed by atoms with Crippen LogP contribution in [0.25, 0.3) is 22.1 Å². The van der Waals surface area contributed by atoms with Crippen molar-refractivity contribution in [2.45, 2.75) is 65.7 Å². The number of hydrogen-bond donors (Lipinski definition) is 0. The Morgan fingerprint density at radius 2 is 1.11 bits per heavy atom. The zero-order valence-corrected chi connectivity index (χ0v) is 22.0. The van der Waals surface area contributed by atoms with Gasteiger partial charge in [0.25, 0.3) is 11.1 Å². The standard InChI is InChI=1S/C12H15N3O3S.C12H15N3O/c1-7(2)15-10(16)6-5-9-8(3)13-12(14-11(9)15)19(4,17)18;1-7(2)15-11(16)6-5-10-8(3)13-9(4)14-12(10)15/h5-7H,1-4H3;5-7H,1-4H3. The normalized spacial score (nSPS) is 11.8. The summed E-state index contributed by atoms with van der Waals surface area (Å²) in [6, 6.07) is 6.43. The summed E-state index contributed by atoms with van der Waals surface area (Å²) in [7, 11) is -3.51. The second kappa shape index (κ2) is 9.65. The highest BCUT2D eigenvalue weighted by Crippen LogP contribution is 2.18. The number of hydrogen-bond acceptors (Lipinski definition) is 8. The van der Waals surface area contributed by atoms with Crippen LogP contribution in [0.5, 0.6) is 0 Å². The summed E-state index contributed by atoms with van der Waals surface area (Å²) in [4.78, 5) is 40.4. The van der Waals surface area contributed by atoms with Crippen LogP contribution in [0.4, 0.5) is 0 Å². The molecule has 0 unspecified atom stereocenters. The van der Waals surface area contributed by atoms with Gasteiger partial charge in [-0.1, -0.05) is 0 Å². The van der Waals surface area contributed by atoms with E-state index in [-0.39, 0.29) is 28.4 Å². The van der Waals surface area contributed by atoms with E-state index in [1.165, 1.54) is 10.6 Å². The van der Waals surface area contributed by atoms with Gasteiger partial charge in [-0.2, -0.15) is 4.98 Å². The Kier molecular flexibility index (Phi) is 7.21.